The lowest BCUT2D eigenvalue weighted by atomic mass is 10.1. The number of halogens is 1. The zero-order chi connectivity index (χ0) is 26.2. The summed E-state index contributed by atoms with van der Waals surface area (Å²) in [5, 5.41) is 3.38. The Kier molecular flexibility index (Phi) is 6.45. The molecule has 0 aliphatic carbocycles. The molecule has 7 nitrogen and oxygen atoms in total. The highest BCUT2D eigenvalue weighted by molar-refractivity contribution is 7.90. The fraction of sp³-hybridized carbons (Fsp3) is 0.0714. The van der Waals surface area contributed by atoms with E-state index in [2.05, 4.69) is 5.32 Å². The maximum absolute atomic E-state index is 13.2. The van der Waals surface area contributed by atoms with Crippen LogP contribution in [0.5, 0.6) is 11.5 Å². The smallest absolute Gasteiger partial charge is 0.259 e. The molecule has 0 unspecified atom stereocenters. The Balaban J connectivity index is 1.41. The number of hydrogen-bond acceptors (Lipinski definition) is 5. The predicted octanol–water partition coefficient (Wildman–Crippen LogP) is 6.41. The number of hydrogen-bond donors (Lipinski definition) is 1. The molecule has 2 aromatic heterocycles. The van der Waals surface area contributed by atoms with Crippen LogP contribution in [-0.2, 0) is 9.84 Å². The number of rotatable bonds is 6. The average molecular weight is 532 g/mol. The van der Waals surface area contributed by atoms with Crippen molar-refractivity contribution >= 4 is 38.7 Å². The quantitative estimate of drug-likeness (QED) is 0.273. The minimum absolute atomic E-state index is 0.0417. The van der Waals surface area contributed by atoms with Crippen LogP contribution in [0.1, 0.15) is 15.9 Å². The summed E-state index contributed by atoms with van der Waals surface area (Å²) in [7, 11) is -3.51. The van der Waals surface area contributed by atoms with Gasteiger partial charge >= 0.3 is 0 Å². The maximum Gasteiger partial charge on any atom is 0.259 e. The second kappa shape index (κ2) is 9.72. The SMILES string of the molecule is Cc1cccn2cc(-c3ccc(NC(=O)c4ccc(S(C)(=O)=O)cc4Oc4ccc(Cl)cc4)cc3)nc12. The van der Waals surface area contributed by atoms with Gasteiger partial charge in [-0.1, -0.05) is 29.8 Å². The average Bonchev–Trinajstić information content (AvgIpc) is 3.31. The molecule has 1 N–H and O–H groups in total. The monoisotopic (exact) mass is 531 g/mol. The standard InChI is InChI=1S/C28H22ClN3O4S/c1-18-4-3-15-32-17-25(31-27(18)32)19-5-9-21(10-6-19)30-28(33)24-14-13-23(37(2,34)35)16-26(24)36-22-11-7-20(29)8-12-22/h3-17H,1-2H3,(H,30,33). The Hall–Kier alpha value is -4.14. The zero-order valence-corrected chi connectivity index (χ0v) is 21.5. The molecule has 9 heteroatoms. The van der Waals surface area contributed by atoms with Gasteiger partial charge in [0.15, 0.2) is 9.84 Å². The highest BCUT2D eigenvalue weighted by atomic mass is 35.5. The Labute approximate surface area is 219 Å². The molecule has 0 radical (unpaired) electrons. The molecule has 0 atom stereocenters. The van der Waals surface area contributed by atoms with Crippen LogP contribution in [0.15, 0.2) is 96.2 Å². The van der Waals surface area contributed by atoms with E-state index in [-0.39, 0.29) is 16.2 Å². The van der Waals surface area contributed by atoms with Crippen molar-refractivity contribution < 1.29 is 17.9 Å². The zero-order valence-electron chi connectivity index (χ0n) is 20.0. The summed E-state index contributed by atoms with van der Waals surface area (Å²) in [5.41, 5.74) is 4.45. The van der Waals surface area contributed by atoms with E-state index in [1.807, 2.05) is 48.0 Å². The normalized spacial score (nSPS) is 11.4. The third-order valence-electron chi connectivity index (χ3n) is 5.78. The first-order valence-corrected chi connectivity index (χ1v) is 13.6. The molecule has 5 aromatic rings. The first-order valence-electron chi connectivity index (χ1n) is 11.3. The number of benzene rings is 3. The van der Waals surface area contributed by atoms with Crippen molar-refractivity contribution in [2.24, 2.45) is 0 Å². The number of fused-ring (bicyclic) bond motifs is 1. The van der Waals surface area contributed by atoms with Crippen molar-refractivity contribution in [2.45, 2.75) is 11.8 Å². The minimum atomic E-state index is -3.51. The molecule has 37 heavy (non-hydrogen) atoms. The number of sulfone groups is 1. The number of ether oxygens (including phenoxy) is 1. The summed E-state index contributed by atoms with van der Waals surface area (Å²) in [5.74, 6) is 0.0794. The van der Waals surface area contributed by atoms with E-state index < -0.39 is 15.7 Å². The van der Waals surface area contributed by atoms with Gasteiger partial charge in [0, 0.05) is 41.0 Å². The van der Waals surface area contributed by atoms with Gasteiger partial charge in [-0.25, -0.2) is 13.4 Å². The molecule has 1 amide bonds. The lowest BCUT2D eigenvalue weighted by molar-refractivity contribution is 0.102. The van der Waals surface area contributed by atoms with Gasteiger partial charge in [-0.05, 0) is 67.1 Å². The highest BCUT2D eigenvalue weighted by Crippen LogP contribution is 2.30. The van der Waals surface area contributed by atoms with Crippen molar-refractivity contribution in [1.29, 1.82) is 0 Å². The topological polar surface area (TPSA) is 89.8 Å². The Morgan fingerprint density at radius 3 is 2.41 bits per heavy atom. The number of aromatic nitrogens is 2. The molecule has 0 saturated heterocycles. The fourth-order valence-electron chi connectivity index (χ4n) is 3.85. The Morgan fingerprint density at radius 1 is 1.00 bits per heavy atom. The lowest BCUT2D eigenvalue weighted by Gasteiger charge is -2.13. The second-order valence-electron chi connectivity index (χ2n) is 8.57. The van der Waals surface area contributed by atoms with E-state index in [0.29, 0.717) is 16.5 Å². The van der Waals surface area contributed by atoms with Crippen LogP contribution in [0.25, 0.3) is 16.9 Å². The molecular formula is C28H22ClN3O4S. The lowest BCUT2D eigenvalue weighted by Crippen LogP contribution is -2.13. The first kappa shape index (κ1) is 24.5. The third kappa shape index (κ3) is 5.35. The van der Waals surface area contributed by atoms with E-state index in [1.165, 1.54) is 18.2 Å². The van der Waals surface area contributed by atoms with Crippen LogP contribution in [0.2, 0.25) is 5.02 Å². The molecule has 0 bridgehead atoms. The van der Waals surface area contributed by atoms with Crippen molar-refractivity contribution in [3.63, 3.8) is 0 Å². The molecular weight excluding hydrogens is 510 g/mol. The molecule has 0 aliphatic heterocycles. The highest BCUT2D eigenvalue weighted by Gasteiger charge is 2.18. The Morgan fingerprint density at radius 2 is 1.73 bits per heavy atom. The van der Waals surface area contributed by atoms with E-state index in [9.17, 15) is 13.2 Å². The fourth-order valence-corrected chi connectivity index (χ4v) is 4.61. The number of amides is 1. The molecule has 5 rings (SSSR count). The van der Waals surface area contributed by atoms with Gasteiger partial charge in [-0.2, -0.15) is 0 Å². The van der Waals surface area contributed by atoms with Crippen LogP contribution >= 0.6 is 11.6 Å². The number of nitrogens with zero attached hydrogens (tertiary/aromatic N) is 2. The van der Waals surface area contributed by atoms with Crippen molar-refractivity contribution in [1.82, 2.24) is 9.38 Å². The number of anilines is 1. The second-order valence-corrected chi connectivity index (χ2v) is 11.0. The van der Waals surface area contributed by atoms with E-state index in [1.54, 1.807) is 36.4 Å². The van der Waals surface area contributed by atoms with Crippen LogP contribution < -0.4 is 10.1 Å². The van der Waals surface area contributed by atoms with Gasteiger partial charge in [0.1, 0.15) is 17.1 Å². The summed E-state index contributed by atoms with van der Waals surface area (Å²) in [6, 6.07) is 22.0. The number of carbonyl (C=O) groups excluding carboxylic acids is 1. The number of imidazole rings is 1. The van der Waals surface area contributed by atoms with E-state index in [0.717, 1.165) is 28.7 Å². The molecule has 2 heterocycles. The van der Waals surface area contributed by atoms with E-state index in [4.69, 9.17) is 21.3 Å². The maximum atomic E-state index is 13.2. The number of nitrogens with one attached hydrogen (secondary N) is 1. The largest absolute Gasteiger partial charge is 0.456 e. The van der Waals surface area contributed by atoms with Gasteiger partial charge in [0.25, 0.3) is 5.91 Å². The summed E-state index contributed by atoms with van der Waals surface area (Å²) >= 11 is 5.95. The van der Waals surface area contributed by atoms with Crippen LogP contribution in [-0.4, -0.2) is 30.0 Å². The van der Waals surface area contributed by atoms with Crippen molar-refractivity contribution in [3.05, 3.63) is 107 Å². The number of pyridine rings is 1. The van der Waals surface area contributed by atoms with Crippen LogP contribution in [0, 0.1) is 6.92 Å². The molecule has 186 valence electrons. The third-order valence-corrected chi connectivity index (χ3v) is 7.15. The molecule has 0 aliphatic rings. The summed E-state index contributed by atoms with van der Waals surface area (Å²) in [6.07, 6.45) is 5.01. The van der Waals surface area contributed by atoms with E-state index >= 15 is 0 Å². The summed E-state index contributed by atoms with van der Waals surface area (Å²) in [4.78, 5) is 17.9. The summed E-state index contributed by atoms with van der Waals surface area (Å²) in [6.45, 7) is 2.01. The van der Waals surface area contributed by atoms with Crippen molar-refractivity contribution in [3.8, 4) is 22.8 Å². The van der Waals surface area contributed by atoms with Gasteiger partial charge in [0.05, 0.1) is 16.2 Å². The Bertz CT molecular complexity index is 1730. The molecule has 0 saturated carbocycles. The number of aryl methyl sites for hydroxylation is 1. The molecule has 3 aromatic carbocycles. The van der Waals surface area contributed by atoms with Crippen LogP contribution in [0.4, 0.5) is 5.69 Å². The summed E-state index contributed by atoms with van der Waals surface area (Å²) < 4.78 is 32.1. The van der Waals surface area contributed by atoms with Crippen LogP contribution in [0.3, 0.4) is 0 Å². The van der Waals surface area contributed by atoms with Gasteiger partial charge in [-0.15, -0.1) is 0 Å². The minimum Gasteiger partial charge on any atom is -0.456 e. The van der Waals surface area contributed by atoms with Gasteiger partial charge < -0.3 is 14.5 Å². The molecule has 0 fully saturated rings. The number of carbonyl (C=O) groups is 1. The molecule has 0 spiro atoms. The van der Waals surface area contributed by atoms with Gasteiger partial charge in [-0.3, -0.25) is 4.79 Å². The predicted molar refractivity (Wildman–Crippen MR) is 144 cm³/mol. The first-order chi connectivity index (χ1) is 17.7. The van der Waals surface area contributed by atoms with Gasteiger partial charge in [0.2, 0.25) is 0 Å². The van der Waals surface area contributed by atoms with Crippen molar-refractivity contribution in [2.75, 3.05) is 11.6 Å².